The van der Waals surface area contributed by atoms with E-state index in [2.05, 4.69) is 21.2 Å². The van der Waals surface area contributed by atoms with Gasteiger partial charge >= 0.3 is 0 Å². The second-order valence-corrected chi connectivity index (χ2v) is 7.36. The van der Waals surface area contributed by atoms with E-state index in [1.165, 1.54) is 0 Å². The fourth-order valence-electron chi connectivity index (χ4n) is 3.16. The molecule has 0 aromatic heterocycles. The van der Waals surface area contributed by atoms with Crippen molar-refractivity contribution in [2.24, 2.45) is 0 Å². The molecule has 0 aliphatic carbocycles. The molecule has 1 N–H and O–H groups in total. The summed E-state index contributed by atoms with van der Waals surface area (Å²) in [5.74, 6) is 1.80. The van der Waals surface area contributed by atoms with Crippen LogP contribution in [0.4, 0.5) is 0 Å². The Bertz CT molecular complexity index is 990. The van der Waals surface area contributed by atoms with Crippen molar-refractivity contribution in [2.75, 3.05) is 20.8 Å². The zero-order chi connectivity index (χ0) is 21.5. The van der Waals surface area contributed by atoms with E-state index in [4.69, 9.17) is 14.2 Å². The van der Waals surface area contributed by atoms with Crippen molar-refractivity contribution >= 4 is 21.8 Å². The number of nitrogens with one attached hydrogen (secondary N) is 1. The molecule has 1 unspecified atom stereocenters. The minimum Gasteiger partial charge on any atom is -0.494 e. The van der Waals surface area contributed by atoms with E-state index in [0.717, 1.165) is 21.3 Å². The van der Waals surface area contributed by atoms with Gasteiger partial charge < -0.3 is 19.5 Å². The number of carbonyl (C=O) groups excluding carboxylic acids is 1. The van der Waals surface area contributed by atoms with Gasteiger partial charge in [-0.05, 0) is 54.4 Å². The average molecular weight is 470 g/mol. The molecule has 0 bridgehead atoms. The summed E-state index contributed by atoms with van der Waals surface area (Å²) in [5.41, 5.74) is 2.35. The van der Waals surface area contributed by atoms with Gasteiger partial charge in [0.15, 0.2) is 11.5 Å². The number of methoxy groups -OCH3 is 2. The molecule has 3 aromatic rings. The van der Waals surface area contributed by atoms with Gasteiger partial charge in [-0.2, -0.15) is 0 Å². The average Bonchev–Trinajstić information content (AvgIpc) is 2.78. The summed E-state index contributed by atoms with van der Waals surface area (Å²) >= 11 is 3.62. The van der Waals surface area contributed by atoms with Gasteiger partial charge in [-0.25, -0.2) is 0 Å². The minimum atomic E-state index is -0.414. The summed E-state index contributed by atoms with van der Waals surface area (Å²) < 4.78 is 17.2. The molecule has 0 aliphatic heterocycles. The summed E-state index contributed by atoms with van der Waals surface area (Å²) in [6, 6.07) is 20.1. The van der Waals surface area contributed by atoms with Crippen LogP contribution in [0.3, 0.4) is 0 Å². The highest BCUT2D eigenvalue weighted by molar-refractivity contribution is 9.10. The fourth-order valence-corrected chi connectivity index (χ4v) is 3.71. The third-order valence-electron chi connectivity index (χ3n) is 4.65. The molecule has 3 aromatic carbocycles. The van der Waals surface area contributed by atoms with E-state index in [1.807, 2.05) is 61.5 Å². The molecule has 0 radical (unpaired) electrons. The number of amides is 1. The molecule has 6 heteroatoms. The molecular weight excluding hydrogens is 446 g/mol. The molecular formula is C24H24BrNO4. The number of halogens is 1. The standard InChI is InChI=1S/C24H24BrNO4/c1-4-30-18-12-10-16(11-13-18)23(26-24(27)17-8-6-5-7-9-17)19-14-21(28-2)22(29-3)15-20(19)25/h5-15,23H,4H2,1-3H3,(H,26,27). The quantitative estimate of drug-likeness (QED) is 0.480. The first-order valence-corrected chi connectivity index (χ1v) is 10.4. The largest absolute Gasteiger partial charge is 0.494 e. The first-order chi connectivity index (χ1) is 14.6. The second-order valence-electron chi connectivity index (χ2n) is 6.50. The van der Waals surface area contributed by atoms with Gasteiger partial charge in [-0.3, -0.25) is 4.79 Å². The van der Waals surface area contributed by atoms with Crippen molar-refractivity contribution in [3.05, 3.63) is 87.9 Å². The van der Waals surface area contributed by atoms with Gasteiger partial charge in [0.1, 0.15) is 5.75 Å². The van der Waals surface area contributed by atoms with Crippen LogP contribution in [0, 0.1) is 0 Å². The van der Waals surface area contributed by atoms with Crippen LogP contribution in [0.1, 0.15) is 34.5 Å². The van der Waals surface area contributed by atoms with Gasteiger partial charge in [0.2, 0.25) is 0 Å². The van der Waals surface area contributed by atoms with Gasteiger partial charge in [-0.1, -0.05) is 46.3 Å². The van der Waals surface area contributed by atoms with Crippen LogP contribution in [0.15, 0.2) is 71.2 Å². The van der Waals surface area contributed by atoms with Crippen molar-refractivity contribution in [1.82, 2.24) is 5.32 Å². The monoisotopic (exact) mass is 469 g/mol. The van der Waals surface area contributed by atoms with E-state index in [9.17, 15) is 4.79 Å². The van der Waals surface area contributed by atoms with E-state index in [-0.39, 0.29) is 5.91 Å². The van der Waals surface area contributed by atoms with Gasteiger partial charge in [0.25, 0.3) is 5.91 Å². The van der Waals surface area contributed by atoms with Gasteiger partial charge in [0, 0.05) is 10.0 Å². The molecule has 0 saturated carbocycles. The van der Waals surface area contributed by atoms with Crippen LogP contribution in [0.5, 0.6) is 17.2 Å². The maximum Gasteiger partial charge on any atom is 0.252 e. The summed E-state index contributed by atoms with van der Waals surface area (Å²) in [7, 11) is 3.18. The van der Waals surface area contributed by atoms with Crippen LogP contribution in [0.25, 0.3) is 0 Å². The fraction of sp³-hybridized carbons (Fsp3) is 0.208. The third kappa shape index (κ3) is 4.94. The smallest absolute Gasteiger partial charge is 0.252 e. The Morgan fingerprint density at radius 1 is 0.967 bits per heavy atom. The Hall–Kier alpha value is -2.99. The molecule has 30 heavy (non-hydrogen) atoms. The van der Waals surface area contributed by atoms with E-state index < -0.39 is 6.04 Å². The van der Waals surface area contributed by atoms with Crippen molar-refractivity contribution in [1.29, 1.82) is 0 Å². The molecule has 0 fully saturated rings. The predicted molar refractivity (Wildman–Crippen MR) is 121 cm³/mol. The maximum atomic E-state index is 13.0. The molecule has 0 aliphatic rings. The number of carbonyl (C=O) groups is 1. The highest BCUT2D eigenvalue weighted by Gasteiger charge is 2.22. The lowest BCUT2D eigenvalue weighted by Gasteiger charge is -2.23. The number of hydrogen-bond donors (Lipinski definition) is 1. The normalized spacial score (nSPS) is 11.5. The van der Waals surface area contributed by atoms with Crippen molar-refractivity contribution in [3.8, 4) is 17.2 Å². The summed E-state index contributed by atoms with van der Waals surface area (Å²) in [5, 5.41) is 3.14. The SMILES string of the molecule is CCOc1ccc(C(NC(=O)c2ccccc2)c2cc(OC)c(OC)cc2Br)cc1. The molecule has 1 atom stereocenters. The van der Waals surface area contributed by atoms with Crippen molar-refractivity contribution in [2.45, 2.75) is 13.0 Å². The maximum absolute atomic E-state index is 13.0. The zero-order valence-corrected chi connectivity index (χ0v) is 18.7. The van der Waals surface area contributed by atoms with Crippen LogP contribution in [-0.2, 0) is 0 Å². The number of benzene rings is 3. The van der Waals surface area contributed by atoms with Crippen molar-refractivity contribution < 1.29 is 19.0 Å². The van der Waals surface area contributed by atoms with E-state index in [0.29, 0.717) is 23.7 Å². The van der Waals surface area contributed by atoms with Crippen LogP contribution < -0.4 is 19.5 Å². The Morgan fingerprint density at radius 2 is 1.60 bits per heavy atom. The highest BCUT2D eigenvalue weighted by atomic mass is 79.9. The van der Waals surface area contributed by atoms with Crippen LogP contribution >= 0.6 is 15.9 Å². The van der Waals surface area contributed by atoms with Crippen LogP contribution in [-0.4, -0.2) is 26.7 Å². The number of hydrogen-bond acceptors (Lipinski definition) is 4. The number of ether oxygens (including phenoxy) is 3. The molecule has 0 heterocycles. The third-order valence-corrected chi connectivity index (χ3v) is 5.34. The second kappa shape index (κ2) is 10.2. The molecule has 0 saturated heterocycles. The molecule has 1 amide bonds. The topological polar surface area (TPSA) is 56.8 Å². The lowest BCUT2D eigenvalue weighted by molar-refractivity contribution is 0.0943. The Balaban J connectivity index is 2.04. The highest BCUT2D eigenvalue weighted by Crippen LogP contribution is 2.38. The van der Waals surface area contributed by atoms with E-state index in [1.54, 1.807) is 26.4 Å². The Labute approximate surface area is 185 Å². The first kappa shape index (κ1) is 21.7. The zero-order valence-electron chi connectivity index (χ0n) is 17.1. The molecule has 156 valence electrons. The molecule has 0 spiro atoms. The minimum absolute atomic E-state index is 0.170. The van der Waals surface area contributed by atoms with Gasteiger partial charge in [0.05, 0.1) is 26.9 Å². The molecule has 3 rings (SSSR count). The van der Waals surface area contributed by atoms with E-state index >= 15 is 0 Å². The summed E-state index contributed by atoms with van der Waals surface area (Å²) in [4.78, 5) is 13.0. The van der Waals surface area contributed by atoms with Crippen LogP contribution in [0.2, 0.25) is 0 Å². The molecule has 5 nitrogen and oxygen atoms in total. The lowest BCUT2D eigenvalue weighted by Crippen LogP contribution is -2.29. The van der Waals surface area contributed by atoms with Gasteiger partial charge in [-0.15, -0.1) is 0 Å². The summed E-state index contributed by atoms with van der Waals surface area (Å²) in [6.45, 7) is 2.53. The van der Waals surface area contributed by atoms with Crippen molar-refractivity contribution in [3.63, 3.8) is 0 Å². The lowest BCUT2D eigenvalue weighted by atomic mass is 9.97. The Kier molecular flexibility index (Phi) is 7.36. The summed E-state index contributed by atoms with van der Waals surface area (Å²) in [6.07, 6.45) is 0. The first-order valence-electron chi connectivity index (χ1n) is 9.57. The number of rotatable bonds is 8. The predicted octanol–water partition coefficient (Wildman–Crippen LogP) is 5.38. The Morgan fingerprint density at radius 3 is 2.20 bits per heavy atom.